The van der Waals surface area contributed by atoms with Crippen LogP contribution in [0, 0.1) is 5.92 Å². The van der Waals surface area contributed by atoms with Gasteiger partial charge < -0.3 is 15.0 Å². The summed E-state index contributed by atoms with van der Waals surface area (Å²) in [6.45, 7) is 8.16. The Hall–Kier alpha value is -0.770. The topological polar surface area (TPSA) is 24.5 Å². The lowest BCUT2D eigenvalue weighted by atomic mass is 9.92. The minimum absolute atomic E-state index is 0.548. The van der Waals surface area contributed by atoms with Crippen molar-refractivity contribution >= 4 is 17.3 Å². The fourth-order valence-electron chi connectivity index (χ4n) is 3.16. The van der Waals surface area contributed by atoms with E-state index in [-0.39, 0.29) is 0 Å². The molecule has 1 fully saturated rings. The number of anilines is 1. The number of nitrogens with one attached hydrogen (secondary N) is 1. The molecule has 1 heterocycles. The zero-order chi connectivity index (χ0) is 15.2. The summed E-state index contributed by atoms with van der Waals surface area (Å²) < 4.78 is 5.08. The van der Waals surface area contributed by atoms with Crippen LogP contribution in [-0.4, -0.2) is 32.8 Å². The number of piperidine rings is 1. The maximum atomic E-state index is 6.51. The molecular weight excluding hydrogens is 284 g/mol. The molecule has 0 bridgehead atoms. The Morgan fingerprint density at radius 3 is 2.90 bits per heavy atom. The van der Waals surface area contributed by atoms with Gasteiger partial charge in [0.05, 0.1) is 17.3 Å². The smallest absolute Gasteiger partial charge is 0.0643 e. The summed E-state index contributed by atoms with van der Waals surface area (Å²) in [6, 6.07) is 6.76. The number of hydrogen-bond donors (Lipinski definition) is 1. The quantitative estimate of drug-likeness (QED) is 0.811. The number of ether oxygens (including phenoxy) is 1. The van der Waals surface area contributed by atoms with Crippen molar-refractivity contribution in [2.24, 2.45) is 5.92 Å². The van der Waals surface area contributed by atoms with E-state index in [1.807, 2.05) is 12.1 Å². The summed E-state index contributed by atoms with van der Waals surface area (Å²) in [5.41, 5.74) is 2.49. The Kier molecular flexibility index (Phi) is 6.34. The van der Waals surface area contributed by atoms with Crippen LogP contribution in [0.2, 0.25) is 5.02 Å². The number of nitrogens with zero attached hydrogens (tertiary/aromatic N) is 1. The second-order valence-electron chi connectivity index (χ2n) is 6.09. The Bertz CT molecular complexity index is 452. The van der Waals surface area contributed by atoms with Crippen molar-refractivity contribution in [1.82, 2.24) is 5.32 Å². The normalized spacial score (nSPS) is 22.6. The van der Waals surface area contributed by atoms with Gasteiger partial charge >= 0.3 is 0 Å². The first-order chi connectivity index (χ1) is 10.1. The first-order valence-electron chi connectivity index (χ1n) is 7.87. The number of para-hydroxylation sites is 1. The molecular formula is C17H27ClN2O. The maximum absolute atomic E-state index is 6.51. The molecule has 0 aliphatic carbocycles. The molecule has 1 aliphatic rings. The number of methoxy groups -OCH3 is 1. The lowest BCUT2D eigenvalue weighted by Gasteiger charge is -2.39. The van der Waals surface area contributed by atoms with Crippen LogP contribution in [0.25, 0.3) is 0 Å². The van der Waals surface area contributed by atoms with Crippen molar-refractivity contribution in [1.29, 1.82) is 0 Å². The Morgan fingerprint density at radius 1 is 1.38 bits per heavy atom. The third-order valence-corrected chi connectivity index (χ3v) is 4.60. The number of benzene rings is 1. The molecule has 4 heteroatoms. The van der Waals surface area contributed by atoms with Gasteiger partial charge in [0.2, 0.25) is 0 Å². The molecule has 2 unspecified atom stereocenters. The SMILES string of the molecule is COCCNCc1cccc(Cl)c1N1CCC(C)CC1C. The van der Waals surface area contributed by atoms with Crippen LogP contribution in [0.3, 0.4) is 0 Å². The number of hydrogen-bond acceptors (Lipinski definition) is 3. The summed E-state index contributed by atoms with van der Waals surface area (Å²) in [5, 5.41) is 4.29. The summed E-state index contributed by atoms with van der Waals surface area (Å²) >= 11 is 6.51. The van der Waals surface area contributed by atoms with Gasteiger partial charge in [0.15, 0.2) is 0 Å². The highest BCUT2D eigenvalue weighted by Crippen LogP contribution is 2.35. The minimum Gasteiger partial charge on any atom is -0.383 e. The van der Waals surface area contributed by atoms with Crippen LogP contribution in [0.1, 0.15) is 32.3 Å². The van der Waals surface area contributed by atoms with E-state index in [2.05, 4.69) is 30.1 Å². The fraction of sp³-hybridized carbons (Fsp3) is 0.647. The van der Waals surface area contributed by atoms with Crippen molar-refractivity contribution in [2.45, 2.75) is 39.3 Å². The molecule has 0 saturated carbocycles. The first kappa shape index (κ1) is 16.6. The van der Waals surface area contributed by atoms with Crippen LogP contribution in [-0.2, 0) is 11.3 Å². The predicted octanol–water partition coefficient (Wildman–Crippen LogP) is 3.70. The van der Waals surface area contributed by atoms with Gasteiger partial charge in [-0.15, -0.1) is 0 Å². The van der Waals surface area contributed by atoms with Crippen molar-refractivity contribution in [3.63, 3.8) is 0 Å². The molecule has 1 saturated heterocycles. The Labute approximate surface area is 133 Å². The Balaban J connectivity index is 2.13. The molecule has 0 amide bonds. The van der Waals surface area contributed by atoms with Gasteiger partial charge in [-0.05, 0) is 37.3 Å². The molecule has 1 aliphatic heterocycles. The van der Waals surface area contributed by atoms with E-state index in [0.717, 1.165) is 37.2 Å². The third kappa shape index (κ3) is 4.35. The average Bonchev–Trinajstić information content (AvgIpc) is 2.45. The minimum atomic E-state index is 0.548. The van der Waals surface area contributed by atoms with Gasteiger partial charge in [0.25, 0.3) is 0 Å². The average molecular weight is 311 g/mol. The monoisotopic (exact) mass is 310 g/mol. The van der Waals surface area contributed by atoms with Gasteiger partial charge in [0, 0.05) is 32.8 Å². The molecule has 2 atom stereocenters. The van der Waals surface area contributed by atoms with E-state index in [1.54, 1.807) is 7.11 Å². The van der Waals surface area contributed by atoms with Crippen LogP contribution in [0.4, 0.5) is 5.69 Å². The maximum Gasteiger partial charge on any atom is 0.0643 e. The predicted molar refractivity (Wildman–Crippen MR) is 90.2 cm³/mol. The van der Waals surface area contributed by atoms with Crippen molar-refractivity contribution in [3.8, 4) is 0 Å². The number of halogens is 1. The highest BCUT2D eigenvalue weighted by Gasteiger charge is 2.26. The van der Waals surface area contributed by atoms with Gasteiger partial charge in [0.1, 0.15) is 0 Å². The van der Waals surface area contributed by atoms with E-state index >= 15 is 0 Å². The molecule has 2 rings (SSSR count). The van der Waals surface area contributed by atoms with Gasteiger partial charge in [-0.1, -0.05) is 30.7 Å². The molecule has 21 heavy (non-hydrogen) atoms. The first-order valence-corrected chi connectivity index (χ1v) is 8.25. The van der Waals surface area contributed by atoms with Crippen LogP contribution < -0.4 is 10.2 Å². The summed E-state index contributed by atoms with van der Waals surface area (Å²) in [4.78, 5) is 2.48. The Morgan fingerprint density at radius 2 is 2.19 bits per heavy atom. The molecule has 1 N–H and O–H groups in total. The van der Waals surface area contributed by atoms with E-state index in [1.165, 1.54) is 24.1 Å². The van der Waals surface area contributed by atoms with Gasteiger partial charge in [-0.25, -0.2) is 0 Å². The number of rotatable bonds is 6. The van der Waals surface area contributed by atoms with E-state index in [0.29, 0.717) is 6.04 Å². The summed E-state index contributed by atoms with van der Waals surface area (Å²) in [7, 11) is 1.73. The van der Waals surface area contributed by atoms with Crippen LogP contribution in [0.15, 0.2) is 18.2 Å². The zero-order valence-corrected chi connectivity index (χ0v) is 14.1. The van der Waals surface area contributed by atoms with E-state index in [9.17, 15) is 0 Å². The van der Waals surface area contributed by atoms with Crippen molar-refractivity contribution in [3.05, 3.63) is 28.8 Å². The van der Waals surface area contributed by atoms with Gasteiger partial charge in [-0.3, -0.25) is 0 Å². The van der Waals surface area contributed by atoms with Crippen molar-refractivity contribution in [2.75, 3.05) is 31.7 Å². The molecule has 0 aromatic heterocycles. The van der Waals surface area contributed by atoms with Crippen LogP contribution >= 0.6 is 11.6 Å². The fourth-order valence-corrected chi connectivity index (χ4v) is 3.46. The summed E-state index contributed by atoms with van der Waals surface area (Å²) in [6.07, 6.45) is 2.48. The van der Waals surface area contributed by atoms with E-state index < -0.39 is 0 Å². The van der Waals surface area contributed by atoms with E-state index in [4.69, 9.17) is 16.3 Å². The molecule has 0 spiro atoms. The second kappa shape index (κ2) is 8.02. The zero-order valence-electron chi connectivity index (χ0n) is 13.4. The standard InChI is InChI=1S/C17H27ClN2O/c1-13-7-9-20(14(2)11-13)17-15(5-4-6-16(17)18)12-19-8-10-21-3/h4-6,13-14,19H,7-12H2,1-3H3. The third-order valence-electron chi connectivity index (χ3n) is 4.29. The lowest BCUT2D eigenvalue weighted by Crippen LogP contribution is -2.41. The molecule has 3 nitrogen and oxygen atoms in total. The van der Waals surface area contributed by atoms with Crippen LogP contribution in [0.5, 0.6) is 0 Å². The molecule has 0 radical (unpaired) electrons. The van der Waals surface area contributed by atoms with Gasteiger partial charge in [-0.2, -0.15) is 0 Å². The largest absolute Gasteiger partial charge is 0.383 e. The lowest BCUT2D eigenvalue weighted by molar-refractivity contribution is 0.199. The highest BCUT2D eigenvalue weighted by atomic mass is 35.5. The molecule has 1 aromatic rings. The summed E-state index contributed by atoms with van der Waals surface area (Å²) in [5.74, 6) is 0.807. The van der Waals surface area contributed by atoms with Crippen molar-refractivity contribution < 1.29 is 4.74 Å². The molecule has 118 valence electrons. The second-order valence-corrected chi connectivity index (χ2v) is 6.50. The molecule has 1 aromatic carbocycles. The highest BCUT2D eigenvalue weighted by molar-refractivity contribution is 6.33.